The number of benzene rings is 2. The summed E-state index contributed by atoms with van der Waals surface area (Å²) in [5, 5.41) is 9.67. The molecule has 2 amide bonds. The van der Waals surface area contributed by atoms with Crippen LogP contribution in [0.15, 0.2) is 60.7 Å². The summed E-state index contributed by atoms with van der Waals surface area (Å²) in [7, 11) is 0. The van der Waals surface area contributed by atoms with E-state index in [1.54, 1.807) is 23.1 Å². The number of anilines is 1. The normalized spacial score (nSPS) is 17.9. The largest absolute Gasteiger partial charge is 0.444 e. The third-order valence-electron chi connectivity index (χ3n) is 6.66. The minimum atomic E-state index is -0.937. The van der Waals surface area contributed by atoms with Gasteiger partial charge in [-0.25, -0.2) is 4.79 Å². The maximum absolute atomic E-state index is 14.0. The van der Waals surface area contributed by atoms with E-state index in [1.165, 1.54) is 18.3 Å². The second kappa shape index (κ2) is 11.4. The number of nitrogens with two attached hydrogens (primary N) is 1. The van der Waals surface area contributed by atoms with Gasteiger partial charge in [-0.2, -0.15) is 5.26 Å². The number of nitriles is 1. The number of nitrogens with zero attached hydrogens (tertiary/aromatic N) is 2. The molecular formula is C29H29N3O4S. The SMILES string of the molecule is Cc1ccc(C(=O)N(c2sc(-c3ccccc3)cc2C(=O)OC(C)C#N)C2CCC(C(N)=O)CC2)cc1. The number of amides is 2. The Labute approximate surface area is 220 Å². The molecule has 1 aliphatic carbocycles. The summed E-state index contributed by atoms with van der Waals surface area (Å²) in [6.07, 6.45) is 1.35. The fraction of sp³-hybridized carbons (Fsp3) is 0.310. The molecule has 1 heterocycles. The van der Waals surface area contributed by atoms with E-state index in [4.69, 9.17) is 10.5 Å². The van der Waals surface area contributed by atoms with Crippen LogP contribution in [-0.2, 0) is 9.53 Å². The summed E-state index contributed by atoms with van der Waals surface area (Å²) < 4.78 is 5.37. The zero-order chi connectivity index (χ0) is 26.5. The lowest BCUT2D eigenvalue weighted by molar-refractivity contribution is -0.122. The van der Waals surface area contributed by atoms with E-state index in [1.807, 2.05) is 55.5 Å². The lowest BCUT2D eigenvalue weighted by atomic mass is 9.84. The van der Waals surface area contributed by atoms with Crippen LogP contribution in [0.4, 0.5) is 5.00 Å². The van der Waals surface area contributed by atoms with Crippen molar-refractivity contribution in [1.29, 1.82) is 5.26 Å². The quantitative estimate of drug-likeness (QED) is 0.418. The Morgan fingerprint density at radius 1 is 1.05 bits per heavy atom. The van der Waals surface area contributed by atoms with Crippen molar-refractivity contribution in [3.8, 4) is 16.5 Å². The number of hydrogen-bond acceptors (Lipinski definition) is 6. The molecule has 1 aromatic heterocycles. The number of carbonyl (C=O) groups excluding carboxylic acids is 3. The van der Waals surface area contributed by atoms with E-state index in [0.29, 0.717) is 36.2 Å². The van der Waals surface area contributed by atoms with Gasteiger partial charge in [0.1, 0.15) is 11.1 Å². The van der Waals surface area contributed by atoms with E-state index in [-0.39, 0.29) is 29.3 Å². The first kappa shape index (κ1) is 26.1. The van der Waals surface area contributed by atoms with Crippen LogP contribution in [0.25, 0.3) is 10.4 Å². The Hall–Kier alpha value is -3.96. The van der Waals surface area contributed by atoms with Crippen LogP contribution in [0.2, 0.25) is 0 Å². The van der Waals surface area contributed by atoms with Gasteiger partial charge in [-0.3, -0.25) is 14.5 Å². The van der Waals surface area contributed by atoms with Crippen molar-refractivity contribution in [2.45, 2.75) is 51.7 Å². The van der Waals surface area contributed by atoms with Gasteiger partial charge in [0, 0.05) is 22.4 Å². The van der Waals surface area contributed by atoms with Gasteiger partial charge in [0.2, 0.25) is 5.91 Å². The molecule has 0 aliphatic heterocycles. The second-order valence-corrected chi connectivity index (χ2v) is 10.4. The summed E-state index contributed by atoms with van der Waals surface area (Å²) in [5.74, 6) is -1.44. The predicted molar refractivity (Wildman–Crippen MR) is 143 cm³/mol. The van der Waals surface area contributed by atoms with Crippen molar-refractivity contribution in [3.05, 3.63) is 77.4 Å². The van der Waals surface area contributed by atoms with E-state index < -0.39 is 12.1 Å². The van der Waals surface area contributed by atoms with E-state index >= 15 is 0 Å². The Bertz CT molecular complexity index is 1320. The molecule has 0 saturated heterocycles. The topological polar surface area (TPSA) is 113 Å². The summed E-state index contributed by atoms with van der Waals surface area (Å²) in [5.41, 5.74) is 8.23. The zero-order valence-electron chi connectivity index (χ0n) is 20.8. The molecule has 1 aliphatic rings. The molecule has 8 heteroatoms. The number of primary amides is 1. The Kier molecular flexibility index (Phi) is 8.04. The zero-order valence-corrected chi connectivity index (χ0v) is 21.7. The van der Waals surface area contributed by atoms with E-state index in [2.05, 4.69) is 0 Å². The molecule has 4 rings (SSSR count). The summed E-state index contributed by atoms with van der Waals surface area (Å²) in [6, 6.07) is 20.3. The average Bonchev–Trinajstić information content (AvgIpc) is 3.35. The molecule has 0 bridgehead atoms. The first-order chi connectivity index (χ1) is 17.8. The second-order valence-electron chi connectivity index (χ2n) is 9.32. The van der Waals surface area contributed by atoms with Crippen molar-refractivity contribution >= 4 is 34.1 Å². The van der Waals surface area contributed by atoms with E-state index in [0.717, 1.165) is 16.0 Å². The van der Waals surface area contributed by atoms with Gasteiger partial charge in [0.25, 0.3) is 5.91 Å². The van der Waals surface area contributed by atoms with Crippen LogP contribution in [0.5, 0.6) is 0 Å². The van der Waals surface area contributed by atoms with Gasteiger partial charge in [0.05, 0.1) is 5.56 Å². The monoisotopic (exact) mass is 515 g/mol. The van der Waals surface area contributed by atoms with Crippen molar-refractivity contribution in [2.24, 2.45) is 11.7 Å². The molecule has 0 radical (unpaired) electrons. The molecule has 2 N–H and O–H groups in total. The lowest BCUT2D eigenvalue weighted by Crippen LogP contribution is -2.44. The fourth-order valence-corrected chi connectivity index (χ4v) is 5.80. The number of carbonyl (C=O) groups is 3. The predicted octanol–water partition coefficient (Wildman–Crippen LogP) is 5.48. The number of thiophene rings is 1. The lowest BCUT2D eigenvalue weighted by Gasteiger charge is -2.36. The Balaban J connectivity index is 1.82. The first-order valence-corrected chi connectivity index (χ1v) is 13.1. The van der Waals surface area contributed by atoms with Crippen molar-refractivity contribution in [3.63, 3.8) is 0 Å². The van der Waals surface area contributed by atoms with Gasteiger partial charge in [-0.15, -0.1) is 11.3 Å². The number of esters is 1. The minimum Gasteiger partial charge on any atom is -0.444 e. The molecule has 37 heavy (non-hydrogen) atoms. The van der Waals surface area contributed by atoms with Crippen LogP contribution < -0.4 is 10.6 Å². The maximum atomic E-state index is 14.0. The van der Waals surface area contributed by atoms with Crippen LogP contribution >= 0.6 is 11.3 Å². The van der Waals surface area contributed by atoms with Gasteiger partial charge in [-0.05, 0) is 63.3 Å². The van der Waals surface area contributed by atoms with Crippen molar-refractivity contribution in [2.75, 3.05) is 4.90 Å². The first-order valence-electron chi connectivity index (χ1n) is 12.3. The number of aryl methyl sites for hydroxylation is 1. The average molecular weight is 516 g/mol. The molecule has 1 fully saturated rings. The van der Waals surface area contributed by atoms with Crippen LogP contribution in [0.3, 0.4) is 0 Å². The molecule has 2 aromatic carbocycles. The van der Waals surface area contributed by atoms with E-state index in [9.17, 15) is 19.6 Å². The number of rotatable bonds is 7. The van der Waals surface area contributed by atoms with Gasteiger partial charge in [0.15, 0.2) is 6.10 Å². The molecule has 7 nitrogen and oxygen atoms in total. The molecule has 0 spiro atoms. The number of hydrogen-bond donors (Lipinski definition) is 1. The fourth-order valence-electron chi connectivity index (χ4n) is 4.58. The third kappa shape index (κ3) is 5.89. The van der Waals surface area contributed by atoms with Crippen molar-refractivity contribution < 1.29 is 19.1 Å². The van der Waals surface area contributed by atoms with Gasteiger partial charge >= 0.3 is 5.97 Å². The standard InChI is InChI=1S/C29H29N3O4S/c1-18-8-10-22(11-9-18)27(34)32(23-14-12-21(13-15-23)26(31)33)28-24(29(35)36-19(2)17-30)16-25(37-28)20-6-4-3-5-7-20/h3-11,16,19,21,23H,12-15H2,1-2H3,(H2,31,33). The smallest absolute Gasteiger partial charge is 0.342 e. The van der Waals surface area contributed by atoms with Crippen LogP contribution in [-0.4, -0.2) is 29.9 Å². The Morgan fingerprint density at radius 3 is 2.30 bits per heavy atom. The highest BCUT2D eigenvalue weighted by atomic mass is 32.1. The summed E-state index contributed by atoms with van der Waals surface area (Å²) in [4.78, 5) is 41.5. The molecule has 3 aromatic rings. The highest BCUT2D eigenvalue weighted by molar-refractivity contribution is 7.20. The van der Waals surface area contributed by atoms with Crippen molar-refractivity contribution in [1.82, 2.24) is 0 Å². The third-order valence-corrected chi connectivity index (χ3v) is 7.84. The van der Waals surface area contributed by atoms with Gasteiger partial charge in [-0.1, -0.05) is 48.0 Å². The maximum Gasteiger partial charge on any atom is 0.342 e. The Morgan fingerprint density at radius 2 is 1.70 bits per heavy atom. The van der Waals surface area contributed by atoms with Crippen LogP contribution in [0, 0.1) is 24.2 Å². The number of ether oxygens (including phenoxy) is 1. The highest BCUT2D eigenvalue weighted by Gasteiger charge is 2.36. The summed E-state index contributed by atoms with van der Waals surface area (Å²) >= 11 is 1.34. The molecular weight excluding hydrogens is 486 g/mol. The summed E-state index contributed by atoms with van der Waals surface area (Å²) in [6.45, 7) is 3.45. The molecule has 1 atom stereocenters. The van der Waals surface area contributed by atoms with Gasteiger partial charge < -0.3 is 10.5 Å². The molecule has 190 valence electrons. The van der Waals surface area contributed by atoms with Crippen LogP contribution in [0.1, 0.15) is 58.9 Å². The molecule has 1 unspecified atom stereocenters. The molecule has 1 saturated carbocycles. The minimum absolute atomic E-state index is 0.225. The highest BCUT2D eigenvalue weighted by Crippen LogP contribution is 2.42.